The van der Waals surface area contributed by atoms with Crippen LogP contribution in [0.3, 0.4) is 0 Å². The van der Waals surface area contributed by atoms with E-state index in [1.807, 2.05) is 0 Å². The molecular formula is C9H9BrFNO2. The molecule has 0 heterocycles. The molecule has 0 amide bonds. The quantitative estimate of drug-likeness (QED) is 0.799. The van der Waals surface area contributed by atoms with Crippen LogP contribution in [0.25, 0.3) is 0 Å². The summed E-state index contributed by atoms with van der Waals surface area (Å²) in [7, 11) is 0. The molecule has 1 rings (SSSR count). The lowest BCUT2D eigenvalue weighted by Crippen LogP contribution is -2.26. The molecule has 0 fully saturated rings. The van der Waals surface area contributed by atoms with E-state index in [1.54, 1.807) is 0 Å². The van der Waals surface area contributed by atoms with Gasteiger partial charge >= 0.3 is 0 Å². The van der Waals surface area contributed by atoms with Gasteiger partial charge in [-0.25, -0.2) is 4.39 Å². The largest absolute Gasteiger partial charge is 0.507 e. The van der Waals surface area contributed by atoms with E-state index in [9.17, 15) is 14.3 Å². The maximum absolute atomic E-state index is 12.9. The fraction of sp³-hybridized carbons (Fsp3) is 0.222. The van der Waals surface area contributed by atoms with E-state index in [1.165, 1.54) is 13.0 Å². The third-order valence-corrected chi connectivity index (χ3v) is 2.33. The summed E-state index contributed by atoms with van der Waals surface area (Å²) in [6.07, 6.45) is 0. The van der Waals surface area contributed by atoms with Gasteiger partial charge in [0, 0.05) is 6.07 Å². The van der Waals surface area contributed by atoms with Crippen molar-refractivity contribution in [2.24, 2.45) is 5.73 Å². The zero-order chi connectivity index (χ0) is 10.9. The standard InChI is InChI=1S/C9H9BrFNO2/c1-4(12)9(14)5-2-6(10)7(11)3-8(5)13/h2-4,13H,12H2,1H3. The maximum Gasteiger partial charge on any atom is 0.182 e. The van der Waals surface area contributed by atoms with Crippen molar-refractivity contribution in [2.75, 3.05) is 0 Å². The molecule has 1 aromatic rings. The predicted octanol–water partition coefficient (Wildman–Crippen LogP) is 1.82. The molecule has 0 aliphatic rings. The molecule has 1 aromatic carbocycles. The number of phenols is 1. The van der Waals surface area contributed by atoms with Crippen LogP contribution in [0.5, 0.6) is 5.75 Å². The van der Waals surface area contributed by atoms with Gasteiger partial charge < -0.3 is 10.8 Å². The van der Waals surface area contributed by atoms with E-state index in [-0.39, 0.29) is 10.0 Å². The molecule has 0 radical (unpaired) electrons. The summed E-state index contributed by atoms with van der Waals surface area (Å²) in [5.74, 6) is -1.44. The van der Waals surface area contributed by atoms with Crippen LogP contribution in [0.2, 0.25) is 0 Å². The van der Waals surface area contributed by atoms with Crippen molar-refractivity contribution in [1.82, 2.24) is 0 Å². The first kappa shape index (κ1) is 11.1. The van der Waals surface area contributed by atoms with Gasteiger partial charge in [0.2, 0.25) is 0 Å². The number of aromatic hydroxyl groups is 1. The number of rotatable bonds is 2. The Balaban J connectivity index is 3.22. The molecule has 5 heteroatoms. The van der Waals surface area contributed by atoms with Gasteiger partial charge in [-0.05, 0) is 28.9 Å². The summed E-state index contributed by atoms with van der Waals surface area (Å²) in [5, 5.41) is 9.30. The Morgan fingerprint density at radius 1 is 1.64 bits per heavy atom. The molecule has 3 nitrogen and oxygen atoms in total. The second-order valence-electron chi connectivity index (χ2n) is 2.94. The van der Waals surface area contributed by atoms with E-state index < -0.39 is 23.4 Å². The minimum Gasteiger partial charge on any atom is -0.507 e. The summed E-state index contributed by atoms with van der Waals surface area (Å²) < 4.78 is 13.0. The van der Waals surface area contributed by atoms with E-state index in [0.717, 1.165) is 6.07 Å². The van der Waals surface area contributed by atoms with Crippen molar-refractivity contribution in [3.05, 3.63) is 28.0 Å². The minimum absolute atomic E-state index is 0.0216. The van der Waals surface area contributed by atoms with Gasteiger partial charge in [-0.2, -0.15) is 0 Å². The molecule has 0 aliphatic heterocycles. The molecule has 1 unspecified atom stereocenters. The van der Waals surface area contributed by atoms with Crippen LogP contribution in [0.15, 0.2) is 16.6 Å². The van der Waals surface area contributed by atoms with E-state index >= 15 is 0 Å². The van der Waals surface area contributed by atoms with Crippen molar-refractivity contribution in [2.45, 2.75) is 13.0 Å². The Bertz CT molecular complexity index is 379. The third-order valence-electron chi connectivity index (χ3n) is 1.72. The number of nitrogens with two attached hydrogens (primary N) is 1. The fourth-order valence-electron chi connectivity index (χ4n) is 0.979. The summed E-state index contributed by atoms with van der Waals surface area (Å²) in [5.41, 5.74) is 5.38. The molecule has 0 saturated heterocycles. The second kappa shape index (κ2) is 4.06. The molecule has 3 N–H and O–H groups in total. The normalized spacial score (nSPS) is 12.6. The zero-order valence-electron chi connectivity index (χ0n) is 7.42. The lowest BCUT2D eigenvalue weighted by molar-refractivity contribution is 0.0965. The van der Waals surface area contributed by atoms with Crippen LogP contribution in [-0.4, -0.2) is 16.9 Å². The van der Waals surface area contributed by atoms with Gasteiger partial charge in [-0.3, -0.25) is 4.79 Å². The average Bonchev–Trinajstić information content (AvgIpc) is 2.10. The third kappa shape index (κ3) is 2.10. The summed E-state index contributed by atoms with van der Waals surface area (Å²) >= 11 is 2.92. The first-order valence-electron chi connectivity index (χ1n) is 3.91. The number of Topliss-reactive ketones (excluding diaryl/α,β-unsaturated/α-hetero) is 1. The molecule has 0 saturated carbocycles. The Hall–Kier alpha value is -0.940. The molecular weight excluding hydrogens is 253 g/mol. The van der Waals surface area contributed by atoms with Gasteiger partial charge in [-0.1, -0.05) is 0 Å². The number of hydrogen-bond acceptors (Lipinski definition) is 3. The van der Waals surface area contributed by atoms with Crippen LogP contribution >= 0.6 is 15.9 Å². The van der Waals surface area contributed by atoms with Crippen molar-refractivity contribution in [3.63, 3.8) is 0 Å². The zero-order valence-corrected chi connectivity index (χ0v) is 9.01. The van der Waals surface area contributed by atoms with Crippen LogP contribution in [-0.2, 0) is 0 Å². The van der Waals surface area contributed by atoms with E-state index in [4.69, 9.17) is 5.73 Å². The Labute approximate surface area is 88.9 Å². The lowest BCUT2D eigenvalue weighted by Gasteiger charge is -2.07. The number of carbonyl (C=O) groups excluding carboxylic acids is 1. The second-order valence-corrected chi connectivity index (χ2v) is 3.79. The topological polar surface area (TPSA) is 63.3 Å². The van der Waals surface area contributed by atoms with Gasteiger partial charge in [0.15, 0.2) is 5.78 Å². The number of carbonyl (C=O) groups is 1. The SMILES string of the molecule is CC(N)C(=O)c1cc(Br)c(F)cc1O. The maximum atomic E-state index is 12.9. The molecule has 14 heavy (non-hydrogen) atoms. The van der Waals surface area contributed by atoms with Crippen LogP contribution in [0.1, 0.15) is 17.3 Å². The van der Waals surface area contributed by atoms with Crippen molar-refractivity contribution < 1.29 is 14.3 Å². The molecule has 1 atom stereocenters. The number of phenolic OH excluding ortho intramolecular Hbond substituents is 1. The molecule has 0 bridgehead atoms. The van der Waals surface area contributed by atoms with Gasteiger partial charge in [0.25, 0.3) is 0 Å². The summed E-state index contributed by atoms with van der Waals surface area (Å²) in [4.78, 5) is 11.4. The molecule has 76 valence electrons. The highest BCUT2D eigenvalue weighted by molar-refractivity contribution is 9.10. The van der Waals surface area contributed by atoms with Gasteiger partial charge in [0.1, 0.15) is 11.6 Å². The van der Waals surface area contributed by atoms with Crippen LogP contribution in [0, 0.1) is 5.82 Å². The fourth-order valence-corrected chi connectivity index (χ4v) is 1.32. The van der Waals surface area contributed by atoms with Crippen molar-refractivity contribution in [3.8, 4) is 5.75 Å². The summed E-state index contributed by atoms with van der Waals surface area (Å²) in [6.45, 7) is 1.50. The monoisotopic (exact) mass is 261 g/mol. The first-order valence-corrected chi connectivity index (χ1v) is 4.70. The van der Waals surface area contributed by atoms with E-state index in [0.29, 0.717) is 0 Å². The number of ketones is 1. The van der Waals surface area contributed by atoms with Crippen molar-refractivity contribution >= 4 is 21.7 Å². The Kier molecular flexibility index (Phi) is 3.23. The Morgan fingerprint density at radius 2 is 2.21 bits per heavy atom. The lowest BCUT2D eigenvalue weighted by atomic mass is 10.1. The van der Waals surface area contributed by atoms with Crippen molar-refractivity contribution in [1.29, 1.82) is 0 Å². The highest BCUT2D eigenvalue weighted by Gasteiger charge is 2.17. The first-order chi connectivity index (χ1) is 6.43. The average molecular weight is 262 g/mol. The summed E-state index contributed by atoms with van der Waals surface area (Å²) in [6, 6.07) is 1.37. The molecule has 0 spiro atoms. The van der Waals surface area contributed by atoms with Gasteiger partial charge in [-0.15, -0.1) is 0 Å². The van der Waals surface area contributed by atoms with Crippen LogP contribution in [0.4, 0.5) is 4.39 Å². The predicted molar refractivity (Wildman–Crippen MR) is 53.7 cm³/mol. The highest BCUT2D eigenvalue weighted by Crippen LogP contribution is 2.26. The van der Waals surface area contributed by atoms with Crippen LogP contribution < -0.4 is 5.73 Å². The Morgan fingerprint density at radius 3 is 2.71 bits per heavy atom. The van der Waals surface area contributed by atoms with E-state index in [2.05, 4.69) is 15.9 Å². The smallest absolute Gasteiger partial charge is 0.182 e. The molecule has 0 aliphatic carbocycles. The highest BCUT2D eigenvalue weighted by atomic mass is 79.9. The number of halogens is 2. The minimum atomic E-state index is -0.724. The number of hydrogen-bond donors (Lipinski definition) is 2. The van der Waals surface area contributed by atoms with Gasteiger partial charge in [0.05, 0.1) is 16.1 Å². The molecule has 0 aromatic heterocycles. The number of benzene rings is 1.